The number of hydrogen-bond acceptors (Lipinski definition) is 5. The lowest BCUT2D eigenvalue weighted by Crippen LogP contribution is -2.45. The van der Waals surface area contributed by atoms with Crippen LogP contribution in [0.4, 0.5) is 8.78 Å². The second kappa shape index (κ2) is 9.19. The summed E-state index contributed by atoms with van der Waals surface area (Å²) in [5.74, 6) is -5.91. The number of ether oxygens (including phenoxy) is 2. The number of rotatable bonds is 9. The Hall–Kier alpha value is -2.02. The molecule has 0 aliphatic carbocycles. The number of carbonyl (C=O) groups excluding carboxylic acids is 2. The van der Waals surface area contributed by atoms with Gasteiger partial charge in [0.2, 0.25) is 0 Å². The van der Waals surface area contributed by atoms with Crippen molar-refractivity contribution in [2.24, 2.45) is 0 Å². The van der Waals surface area contributed by atoms with Crippen molar-refractivity contribution in [3.05, 3.63) is 35.9 Å². The maximum absolute atomic E-state index is 13.9. The number of alkyl halides is 2. The summed E-state index contributed by atoms with van der Waals surface area (Å²) in [6.45, 7) is 1.95. The highest BCUT2D eigenvalue weighted by molar-refractivity contribution is 5.78. The van der Waals surface area contributed by atoms with Crippen LogP contribution in [0.25, 0.3) is 0 Å². The Bertz CT molecular complexity index is 508. The molecule has 0 radical (unpaired) electrons. The summed E-state index contributed by atoms with van der Waals surface area (Å²) >= 11 is 0. The second-order valence-corrected chi connectivity index (χ2v) is 4.86. The average molecular weight is 329 g/mol. The normalized spacial score (nSPS) is 11.3. The van der Waals surface area contributed by atoms with E-state index in [9.17, 15) is 18.4 Å². The lowest BCUT2D eigenvalue weighted by atomic mass is 10.2. The van der Waals surface area contributed by atoms with Crippen LogP contribution in [0.3, 0.4) is 0 Å². The summed E-state index contributed by atoms with van der Waals surface area (Å²) in [4.78, 5) is 24.1. The van der Waals surface area contributed by atoms with Gasteiger partial charge in [-0.05, 0) is 19.4 Å². The molecule has 0 saturated carbocycles. The Morgan fingerprint density at radius 3 is 2.26 bits per heavy atom. The van der Waals surface area contributed by atoms with Crippen molar-refractivity contribution in [1.29, 1.82) is 0 Å². The van der Waals surface area contributed by atoms with Gasteiger partial charge >= 0.3 is 17.9 Å². The summed E-state index contributed by atoms with van der Waals surface area (Å²) in [5.41, 5.74) is 0.747. The van der Waals surface area contributed by atoms with Crippen molar-refractivity contribution in [3.8, 4) is 0 Å². The van der Waals surface area contributed by atoms with Crippen molar-refractivity contribution in [1.82, 2.24) is 4.90 Å². The zero-order chi connectivity index (χ0) is 17.3. The van der Waals surface area contributed by atoms with E-state index in [1.165, 1.54) is 11.8 Å². The molecule has 0 aliphatic rings. The van der Waals surface area contributed by atoms with E-state index in [0.717, 1.165) is 5.56 Å². The van der Waals surface area contributed by atoms with Gasteiger partial charge in [-0.3, -0.25) is 9.69 Å². The number of esters is 2. The molecule has 128 valence electrons. The number of halogens is 2. The summed E-state index contributed by atoms with van der Waals surface area (Å²) < 4.78 is 37.0. The van der Waals surface area contributed by atoms with Gasteiger partial charge < -0.3 is 9.47 Å². The molecule has 0 spiro atoms. The molecule has 1 aromatic carbocycles. The minimum absolute atomic E-state index is 0.0919. The molecule has 1 rings (SSSR count). The largest absolute Gasteiger partial charge is 0.465 e. The first-order chi connectivity index (χ1) is 10.9. The van der Waals surface area contributed by atoms with Crippen LogP contribution in [-0.2, 0) is 25.6 Å². The highest BCUT2D eigenvalue weighted by Crippen LogP contribution is 2.19. The van der Waals surface area contributed by atoms with Gasteiger partial charge in [0.25, 0.3) is 0 Å². The van der Waals surface area contributed by atoms with Gasteiger partial charge in [0.05, 0.1) is 26.3 Å². The molecule has 0 fully saturated rings. The van der Waals surface area contributed by atoms with Crippen molar-refractivity contribution in [2.45, 2.75) is 26.3 Å². The monoisotopic (exact) mass is 329 g/mol. The molecule has 0 heterocycles. The van der Waals surface area contributed by atoms with Crippen molar-refractivity contribution >= 4 is 11.9 Å². The van der Waals surface area contributed by atoms with Crippen LogP contribution in [-0.4, -0.2) is 49.1 Å². The first kappa shape index (κ1) is 19.0. The van der Waals surface area contributed by atoms with E-state index >= 15 is 0 Å². The average Bonchev–Trinajstić information content (AvgIpc) is 2.48. The van der Waals surface area contributed by atoms with Crippen LogP contribution in [0.15, 0.2) is 30.3 Å². The first-order valence-electron chi connectivity index (χ1n) is 7.36. The fourth-order valence-corrected chi connectivity index (χ4v) is 1.98. The molecule has 0 bridgehead atoms. The molecule has 0 aromatic heterocycles. The smallest absolute Gasteiger partial charge is 0.378 e. The Morgan fingerprint density at radius 2 is 1.70 bits per heavy atom. The molecule has 7 heteroatoms. The van der Waals surface area contributed by atoms with Gasteiger partial charge in [-0.15, -0.1) is 0 Å². The Kier molecular flexibility index (Phi) is 7.61. The standard InChI is InChI=1S/C16H21F2NO4/c1-3-22-14(20)11-19(10-13-8-6-5-7-9-13)12-16(17,18)15(21)23-4-2/h5-9H,3-4,10-12H2,1-2H3. The zero-order valence-electron chi connectivity index (χ0n) is 13.3. The lowest BCUT2D eigenvalue weighted by molar-refractivity contribution is -0.175. The summed E-state index contributed by atoms with van der Waals surface area (Å²) in [7, 11) is 0. The van der Waals surface area contributed by atoms with E-state index in [1.54, 1.807) is 37.3 Å². The Labute approximate surface area is 134 Å². The molecular weight excluding hydrogens is 308 g/mol. The summed E-state index contributed by atoms with van der Waals surface area (Å²) in [6.07, 6.45) is 0. The second-order valence-electron chi connectivity index (χ2n) is 4.86. The molecule has 0 saturated heterocycles. The summed E-state index contributed by atoms with van der Waals surface area (Å²) in [5, 5.41) is 0. The maximum atomic E-state index is 13.9. The van der Waals surface area contributed by atoms with Gasteiger partial charge in [0.1, 0.15) is 0 Å². The predicted molar refractivity (Wildman–Crippen MR) is 79.9 cm³/mol. The van der Waals surface area contributed by atoms with Crippen LogP contribution >= 0.6 is 0 Å². The molecule has 5 nitrogen and oxygen atoms in total. The van der Waals surface area contributed by atoms with E-state index in [1.807, 2.05) is 0 Å². The van der Waals surface area contributed by atoms with Gasteiger partial charge in [0, 0.05) is 6.54 Å². The maximum Gasteiger partial charge on any atom is 0.378 e. The molecule has 23 heavy (non-hydrogen) atoms. The third kappa shape index (κ3) is 6.73. The Balaban J connectivity index is 2.81. The Morgan fingerprint density at radius 1 is 1.09 bits per heavy atom. The van der Waals surface area contributed by atoms with Gasteiger partial charge in [-0.25, -0.2) is 4.79 Å². The molecular formula is C16H21F2NO4. The minimum Gasteiger partial charge on any atom is -0.465 e. The minimum atomic E-state index is -3.70. The molecule has 0 aliphatic heterocycles. The predicted octanol–water partition coefficient (Wildman–Crippen LogP) is 2.25. The quantitative estimate of drug-likeness (QED) is 0.651. The molecule has 0 amide bonds. The SMILES string of the molecule is CCOC(=O)CN(Cc1ccccc1)CC(F)(F)C(=O)OCC. The van der Waals surface area contributed by atoms with Crippen LogP contribution < -0.4 is 0 Å². The van der Waals surface area contributed by atoms with E-state index < -0.39 is 24.4 Å². The van der Waals surface area contributed by atoms with Gasteiger partial charge in [-0.2, -0.15) is 8.78 Å². The third-order valence-corrected chi connectivity index (χ3v) is 2.90. The third-order valence-electron chi connectivity index (χ3n) is 2.90. The summed E-state index contributed by atoms with van der Waals surface area (Å²) in [6, 6.07) is 8.83. The topological polar surface area (TPSA) is 55.8 Å². The van der Waals surface area contributed by atoms with Gasteiger partial charge in [0.15, 0.2) is 0 Å². The highest BCUT2D eigenvalue weighted by atomic mass is 19.3. The fraction of sp³-hybridized carbons (Fsp3) is 0.500. The molecule has 0 N–H and O–H groups in total. The number of carbonyl (C=O) groups is 2. The molecule has 1 aromatic rings. The fourth-order valence-electron chi connectivity index (χ4n) is 1.98. The van der Waals surface area contributed by atoms with E-state index in [-0.39, 0.29) is 26.3 Å². The molecule has 0 atom stereocenters. The van der Waals surface area contributed by atoms with E-state index in [2.05, 4.69) is 4.74 Å². The first-order valence-corrected chi connectivity index (χ1v) is 7.36. The van der Waals surface area contributed by atoms with E-state index in [4.69, 9.17) is 4.74 Å². The van der Waals surface area contributed by atoms with Crippen LogP contribution in [0.1, 0.15) is 19.4 Å². The van der Waals surface area contributed by atoms with Crippen molar-refractivity contribution in [2.75, 3.05) is 26.3 Å². The number of nitrogens with zero attached hydrogens (tertiary/aromatic N) is 1. The van der Waals surface area contributed by atoms with Gasteiger partial charge in [-0.1, -0.05) is 30.3 Å². The van der Waals surface area contributed by atoms with Crippen LogP contribution in [0, 0.1) is 0 Å². The van der Waals surface area contributed by atoms with Crippen LogP contribution in [0.5, 0.6) is 0 Å². The number of benzene rings is 1. The van der Waals surface area contributed by atoms with Crippen LogP contribution in [0.2, 0.25) is 0 Å². The number of hydrogen-bond donors (Lipinski definition) is 0. The van der Waals surface area contributed by atoms with Crippen molar-refractivity contribution < 1.29 is 27.8 Å². The van der Waals surface area contributed by atoms with E-state index in [0.29, 0.717) is 0 Å². The van der Waals surface area contributed by atoms with Crippen molar-refractivity contribution in [3.63, 3.8) is 0 Å². The highest BCUT2D eigenvalue weighted by Gasteiger charge is 2.42. The zero-order valence-corrected chi connectivity index (χ0v) is 13.3. The lowest BCUT2D eigenvalue weighted by Gasteiger charge is -2.25. The molecule has 0 unspecified atom stereocenters.